The summed E-state index contributed by atoms with van der Waals surface area (Å²) in [5.41, 5.74) is 21.4. The second-order valence-electron chi connectivity index (χ2n) is 8.72. The zero-order valence-electron chi connectivity index (χ0n) is 20.2. The number of amides is 5. The first kappa shape index (κ1) is 31.7. The molecule has 0 heterocycles. The Balaban J connectivity index is 5.51. The molecule has 14 heteroatoms. The van der Waals surface area contributed by atoms with Gasteiger partial charge in [0.2, 0.25) is 29.5 Å². The standard InChI is InChI=1S/C21H39N7O7/c1-11(2)9-15(21(34)35)28-19(32)13(5-3-4-8-22)26-20(33)14(10-17(25)30)27-18(31)12(23)6-7-16(24)29/h11-15H,3-10,22-23H2,1-2H3,(H2,24,29)(H2,25,30)(H,26,33)(H,27,31)(H,28,32)(H,34,35). The average molecular weight is 502 g/mol. The van der Waals surface area contributed by atoms with E-state index < -0.39 is 66.1 Å². The summed E-state index contributed by atoms with van der Waals surface area (Å²) in [6, 6.07) is -4.95. The lowest BCUT2D eigenvalue weighted by atomic mass is 10.0. The molecule has 0 saturated carbocycles. The van der Waals surface area contributed by atoms with Crippen LogP contribution in [0.1, 0.15) is 58.8 Å². The Morgan fingerprint density at radius 3 is 1.80 bits per heavy atom. The number of primary amides is 2. The molecule has 200 valence electrons. The van der Waals surface area contributed by atoms with Gasteiger partial charge in [0.1, 0.15) is 18.1 Å². The van der Waals surface area contributed by atoms with E-state index >= 15 is 0 Å². The van der Waals surface area contributed by atoms with Crippen LogP contribution in [-0.4, -0.2) is 71.3 Å². The van der Waals surface area contributed by atoms with Crippen LogP contribution in [0.2, 0.25) is 0 Å². The molecule has 4 atom stereocenters. The molecular formula is C21H39N7O7. The van der Waals surface area contributed by atoms with E-state index in [0.717, 1.165) is 0 Å². The Morgan fingerprint density at radius 2 is 1.31 bits per heavy atom. The van der Waals surface area contributed by atoms with Crippen LogP contribution in [0.25, 0.3) is 0 Å². The lowest BCUT2D eigenvalue weighted by Crippen LogP contribution is -2.57. The largest absolute Gasteiger partial charge is 0.480 e. The molecule has 4 unspecified atom stereocenters. The van der Waals surface area contributed by atoms with Crippen molar-refractivity contribution in [1.29, 1.82) is 0 Å². The number of hydrogen-bond donors (Lipinski definition) is 8. The number of nitrogens with two attached hydrogens (primary N) is 4. The predicted molar refractivity (Wildman–Crippen MR) is 126 cm³/mol. The maximum absolute atomic E-state index is 12.9. The summed E-state index contributed by atoms with van der Waals surface area (Å²) in [6.07, 6.45) is 0.481. The van der Waals surface area contributed by atoms with Crippen molar-refractivity contribution in [3.63, 3.8) is 0 Å². The molecule has 0 aromatic rings. The molecule has 14 nitrogen and oxygen atoms in total. The molecule has 0 rings (SSSR count). The first-order valence-electron chi connectivity index (χ1n) is 11.4. The predicted octanol–water partition coefficient (Wildman–Crippen LogP) is -2.83. The van der Waals surface area contributed by atoms with E-state index in [4.69, 9.17) is 22.9 Å². The van der Waals surface area contributed by atoms with Crippen molar-refractivity contribution in [2.45, 2.75) is 83.0 Å². The Labute approximate surface area is 204 Å². The molecule has 0 saturated heterocycles. The van der Waals surface area contributed by atoms with Crippen molar-refractivity contribution in [3.05, 3.63) is 0 Å². The highest BCUT2D eigenvalue weighted by Crippen LogP contribution is 2.08. The van der Waals surface area contributed by atoms with E-state index in [-0.39, 0.29) is 31.6 Å². The molecule has 0 aliphatic carbocycles. The van der Waals surface area contributed by atoms with Gasteiger partial charge >= 0.3 is 5.97 Å². The quantitative estimate of drug-likeness (QED) is 0.0898. The zero-order valence-corrected chi connectivity index (χ0v) is 20.2. The molecule has 0 fully saturated rings. The topological polar surface area (TPSA) is 263 Å². The first-order valence-corrected chi connectivity index (χ1v) is 11.4. The maximum atomic E-state index is 12.9. The molecule has 0 radical (unpaired) electrons. The number of unbranched alkanes of at least 4 members (excludes halogenated alkanes) is 1. The Kier molecular flexibility index (Phi) is 14.9. The van der Waals surface area contributed by atoms with Crippen molar-refractivity contribution in [1.82, 2.24) is 16.0 Å². The normalized spacial score (nSPS) is 14.3. The van der Waals surface area contributed by atoms with Crippen molar-refractivity contribution in [3.8, 4) is 0 Å². The van der Waals surface area contributed by atoms with Crippen molar-refractivity contribution in [2.75, 3.05) is 6.54 Å². The average Bonchev–Trinajstić information content (AvgIpc) is 2.74. The number of rotatable bonds is 18. The van der Waals surface area contributed by atoms with E-state index in [1.54, 1.807) is 13.8 Å². The third-order valence-corrected chi connectivity index (χ3v) is 4.98. The highest BCUT2D eigenvalue weighted by molar-refractivity contribution is 5.96. The molecule has 0 bridgehead atoms. The maximum Gasteiger partial charge on any atom is 0.326 e. The zero-order chi connectivity index (χ0) is 27.1. The number of carboxylic acids is 1. The van der Waals surface area contributed by atoms with E-state index in [1.165, 1.54) is 0 Å². The monoisotopic (exact) mass is 501 g/mol. The molecule has 35 heavy (non-hydrogen) atoms. The van der Waals surface area contributed by atoms with Crippen LogP contribution < -0.4 is 38.9 Å². The van der Waals surface area contributed by atoms with Gasteiger partial charge in [-0.05, 0) is 44.6 Å². The lowest BCUT2D eigenvalue weighted by molar-refractivity contribution is -0.143. The fraction of sp³-hybridized carbons (Fsp3) is 0.714. The van der Waals surface area contributed by atoms with Gasteiger partial charge < -0.3 is 44.0 Å². The van der Waals surface area contributed by atoms with E-state index in [2.05, 4.69) is 16.0 Å². The summed E-state index contributed by atoms with van der Waals surface area (Å²) < 4.78 is 0. The van der Waals surface area contributed by atoms with Gasteiger partial charge in [0, 0.05) is 6.42 Å². The van der Waals surface area contributed by atoms with Crippen LogP contribution in [0.5, 0.6) is 0 Å². The van der Waals surface area contributed by atoms with Crippen LogP contribution >= 0.6 is 0 Å². The molecule has 0 aromatic carbocycles. The minimum atomic E-state index is -1.45. The summed E-state index contributed by atoms with van der Waals surface area (Å²) in [5, 5.41) is 16.6. The smallest absolute Gasteiger partial charge is 0.326 e. The number of hydrogen-bond acceptors (Lipinski definition) is 8. The van der Waals surface area contributed by atoms with E-state index in [0.29, 0.717) is 19.4 Å². The summed E-state index contributed by atoms with van der Waals surface area (Å²) in [4.78, 5) is 71.9. The van der Waals surface area contributed by atoms with Gasteiger partial charge in [-0.1, -0.05) is 13.8 Å². The van der Waals surface area contributed by atoms with Crippen molar-refractivity contribution in [2.24, 2.45) is 28.9 Å². The summed E-state index contributed by atoms with van der Waals surface area (Å²) >= 11 is 0. The van der Waals surface area contributed by atoms with Gasteiger partial charge in [0.25, 0.3) is 0 Å². The third-order valence-electron chi connectivity index (χ3n) is 4.98. The van der Waals surface area contributed by atoms with Crippen LogP contribution in [-0.2, 0) is 28.8 Å². The van der Waals surface area contributed by atoms with Crippen LogP contribution in [0.15, 0.2) is 0 Å². The summed E-state index contributed by atoms with van der Waals surface area (Å²) in [6.45, 7) is 3.94. The molecule has 0 aliphatic heterocycles. The second-order valence-corrected chi connectivity index (χ2v) is 8.72. The van der Waals surface area contributed by atoms with Crippen LogP contribution in [0.3, 0.4) is 0 Å². The summed E-state index contributed by atoms with van der Waals surface area (Å²) in [5.74, 6) is -5.24. The lowest BCUT2D eigenvalue weighted by Gasteiger charge is -2.25. The fourth-order valence-electron chi connectivity index (χ4n) is 3.12. The van der Waals surface area contributed by atoms with Gasteiger partial charge in [-0.2, -0.15) is 0 Å². The van der Waals surface area contributed by atoms with Gasteiger partial charge in [-0.3, -0.25) is 24.0 Å². The molecule has 0 aromatic heterocycles. The van der Waals surface area contributed by atoms with Crippen molar-refractivity contribution >= 4 is 35.5 Å². The highest BCUT2D eigenvalue weighted by Gasteiger charge is 2.31. The molecule has 12 N–H and O–H groups in total. The van der Waals surface area contributed by atoms with Gasteiger partial charge in [-0.15, -0.1) is 0 Å². The molecule has 5 amide bonds. The highest BCUT2D eigenvalue weighted by atomic mass is 16.4. The minimum absolute atomic E-state index is 0.0180. The van der Waals surface area contributed by atoms with Crippen molar-refractivity contribution < 1.29 is 33.9 Å². The number of aliphatic carboxylic acids is 1. The molecular weight excluding hydrogens is 462 g/mol. The first-order chi connectivity index (χ1) is 16.3. The second kappa shape index (κ2) is 16.4. The fourth-order valence-corrected chi connectivity index (χ4v) is 3.12. The van der Waals surface area contributed by atoms with E-state index in [9.17, 15) is 33.9 Å². The Hall–Kier alpha value is -3.26. The van der Waals surface area contributed by atoms with Crippen LogP contribution in [0, 0.1) is 5.92 Å². The number of carbonyl (C=O) groups excluding carboxylic acids is 5. The SMILES string of the molecule is CC(C)CC(NC(=O)C(CCCCN)NC(=O)C(CC(N)=O)NC(=O)C(N)CCC(N)=O)C(=O)O. The van der Waals surface area contributed by atoms with Gasteiger partial charge in [0.15, 0.2) is 0 Å². The molecule has 0 spiro atoms. The van der Waals surface area contributed by atoms with Gasteiger partial charge in [0.05, 0.1) is 12.5 Å². The molecule has 0 aliphatic rings. The third kappa shape index (κ3) is 13.9. The number of carbonyl (C=O) groups is 6. The Bertz CT molecular complexity index is 760. The van der Waals surface area contributed by atoms with Gasteiger partial charge in [-0.25, -0.2) is 4.79 Å². The van der Waals surface area contributed by atoms with Crippen LogP contribution in [0.4, 0.5) is 0 Å². The number of nitrogens with one attached hydrogen (secondary N) is 3. The minimum Gasteiger partial charge on any atom is -0.480 e. The number of carboxylic acid groups (broad SMARTS) is 1. The van der Waals surface area contributed by atoms with E-state index in [1.807, 2.05) is 0 Å². The summed E-state index contributed by atoms with van der Waals surface area (Å²) in [7, 11) is 0. The Morgan fingerprint density at radius 1 is 0.771 bits per heavy atom.